The Morgan fingerprint density at radius 3 is 2.57 bits per heavy atom. The van der Waals surface area contributed by atoms with Crippen molar-refractivity contribution in [3.8, 4) is 0 Å². The fourth-order valence-corrected chi connectivity index (χ4v) is 4.01. The molecule has 0 N–H and O–H groups in total. The Balaban J connectivity index is 1.59. The summed E-state index contributed by atoms with van der Waals surface area (Å²) in [7, 11) is 0. The number of benzene rings is 2. The Bertz CT molecular complexity index is 698. The maximum Gasteiger partial charge on any atom is 0.169 e. The molecule has 2 aliphatic rings. The highest BCUT2D eigenvalue weighted by Crippen LogP contribution is 2.45. The minimum absolute atomic E-state index is 0.0867. The summed E-state index contributed by atoms with van der Waals surface area (Å²) >= 11 is 6.21. The highest BCUT2D eigenvalue weighted by molar-refractivity contribution is 6.34. The summed E-state index contributed by atoms with van der Waals surface area (Å²) in [6.07, 6.45) is 0. The first-order chi connectivity index (χ1) is 10.2. The number of Topliss-reactive ketones (excluding diaryl/α,β-unsaturated/α-hetero) is 1. The topological polar surface area (TPSA) is 20.3 Å². The highest BCUT2D eigenvalue weighted by Gasteiger charge is 2.46. The Hall–Kier alpha value is -1.64. The molecule has 3 heteroatoms. The number of hydrogen-bond donors (Lipinski definition) is 0. The number of halogens is 1. The molecule has 4 rings (SSSR count). The third kappa shape index (κ3) is 2.10. The Labute approximate surface area is 129 Å². The first-order valence-electron chi connectivity index (χ1n) is 7.33. The first kappa shape index (κ1) is 13.1. The third-order valence-electron chi connectivity index (χ3n) is 4.67. The highest BCUT2D eigenvalue weighted by atomic mass is 35.5. The number of hydrogen-bond acceptors (Lipinski definition) is 2. The molecule has 0 bridgehead atoms. The third-order valence-corrected chi connectivity index (χ3v) is 4.99. The van der Waals surface area contributed by atoms with Crippen LogP contribution in [0.5, 0.6) is 0 Å². The molecular formula is C18H16ClNO. The summed E-state index contributed by atoms with van der Waals surface area (Å²) in [6, 6.07) is 16.3. The van der Waals surface area contributed by atoms with Crippen LogP contribution < -0.4 is 0 Å². The largest absolute Gasteiger partial charge is 0.298 e. The van der Waals surface area contributed by atoms with Gasteiger partial charge in [-0.25, -0.2) is 0 Å². The van der Waals surface area contributed by atoms with Gasteiger partial charge in [0.15, 0.2) is 5.78 Å². The van der Waals surface area contributed by atoms with E-state index in [0.717, 1.165) is 30.8 Å². The van der Waals surface area contributed by atoms with Crippen molar-refractivity contribution >= 4 is 17.4 Å². The van der Waals surface area contributed by atoms with Gasteiger partial charge in [0.05, 0.1) is 5.02 Å². The standard InChI is InChI=1S/C18H16ClNO/c19-16-8-4-7-13-14-10-20(9-12-5-2-1-3-6-12)11-15(14)18(21)17(13)16/h1-8,14-15H,9-11H2. The number of likely N-dealkylation sites (tertiary alicyclic amines) is 1. The van der Waals surface area contributed by atoms with Gasteiger partial charge in [0.1, 0.15) is 0 Å². The average molecular weight is 298 g/mol. The first-order valence-corrected chi connectivity index (χ1v) is 7.71. The van der Waals surface area contributed by atoms with Crippen LogP contribution in [0.1, 0.15) is 27.4 Å². The van der Waals surface area contributed by atoms with Crippen LogP contribution in [-0.2, 0) is 6.54 Å². The van der Waals surface area contributed by atoms with Gasteiger partial charge >= 0.3 is 0 Å². The van der Waals surface area contributed by atoms with Gasteiger partial charge in [-0.1, -0.05) is 54.1 Å². The number of fused-ring (bicyclic) bond motifs is 3. The fourth-order valence-electron chi connectivity index (χ4n) is 3.73. The fraction of sp³-hybridized carbons (Fsp3) is 0.278. The molecule has 21 heavy (non-hydrogen) atoms. The average Bonchev–Trinajstić information content (AvgIpc) is 3.01. The van der Waals surface area contributed by atoms with Crippen molar-refractivity contribution in [3.05, 3.63) is 70.2 Å². The molecule has 2 nitrogen and oxygen atoms in total. The van der Waals surface area contributed by atoms with E-state index in [0.29, 0.717) is 10.9 Å². The van der Waals surface area contributed by atoms with Crippen LogP contribution in [0.4, 0.5) is 0 Å². The van der Waals surface area contributed by atoms with Crippen LogP contribution >= 0.6 is 11.6 Å². The SMILES string of the molecule is O=C1c2c(Cl)cccc2C2CN(Cc3ccccc3)CC12. The molecule has 0 saturated carbocycles. The van der Waals surface area contributed by atoms with Crippen LogP contribution in [0.2, 0.25) is 5.02 Å². The van der Waals surface area contributed by atoms with Gasteiger partial charge < -0.3 is 0 Å². The summed E-state index contributed by atoms with van der Waals surface area (Å²) in [6.45, 7) is 2.69. The predicted octanol–water partition coefficient (Wildman–Crippen LogP) is 3.75. The van der Waals surface area contributed by atoms with E-state index >= 15 is 0 Å². The van der Waals surface area contributed by atoms with E-state index in [-0.39, 0.29) is 11.7 Å². The normalized spacial score (nSPS) is 24.1. The zero-order valence-electron chi connectivity index (χ0n) is 11.6. The number of rotatable bonds is 2. The molecule has 0 amide bonds. The minimum atomic E-state index is 0.0867. The van der Waals surface area contributed by atoms with Crippen LogP contribution in [0.15, 0.2) is 48.5 Å². The van der Waals surface area contributed by atoms with Gasteiger partial charge in [0.2, 0.25) is 0 Å². The number of nitrogens with zero attached hydrogens (tertiary/aromatic N) is 1. The number of carbonyl (C=O) groups is 1. The summed E-state index contributed by atoms with van der Waals surface area (Å²) in [5, 5.41) is 0.613. The van der Waals surface area contributed by atoms with E-state index in [1.165, 1.54) is 5.56 Å². The summed E-state index contributed by atoms with van der Waals surface area (Å²) in [5.41, 5.74) is 3.22. The second-order valence-electron chi connectivity index (χ2n) is 5.96. The van der Waals surface area contributed by atoms with Crippen molar-refractivity contribution in [1.82, 2.24) is 4.90 Å². The van der Waals surface area contributed by atoms with Gasteiger partial charge in [-0.3, -0.25) is 9.69 Å². The van der Waals surface area contributed by atoms with Crippen molar-refractivity contribution < 1.29 is 4.79 Å². The maximum atomic E-state index is 12.6. The second-order valence-corrected chi connectivity index (χ2v) is 6.37. The van der Waals surface area contributed by atoms with E-state index in [2.05, 4.69) is 35.2 Å². The van der Waals surface area contributed by atoms with E-state index in [1.54, 1.807) is 0 Å². The Morgan fingerprint density at radius 2 is 1.76 bits per heavy atom. The van der Waals surface area contributed by atoms with Crippen molar-refractivity contribution in [3.63, 3.8) is 0 Å². The smallest absolute Gasteiger partial charge is 0.169 e. The van der Waals surface area contributed by atoms with Crippen molar-refractivity contribution in [2.24, 2.45) is 5.92 Å². The zero-order valence-corrected chi connectivity index (χ0v) is 12.4. The van der Waals surface area contributed by atoms with Crippen LogP contribution in [0.25, 0.3) is 0 Å². The molecule has 1 saturated heterocycles. The maximum absolute atomic E-state index is 12.6. The molecule has 1 fully saturated rings. The molecule has 0 radical (unpaired) electrons. The number of carbonyl (C=O) groups excluding carboxylic acids is 1. The van der Waals surface area contributed by atoms with Gasteiger partial charge in [-0.05, 0) is 17.2 Å². The molecule has 1 aliphatic carbocycles. The quantitative estimate of drug-likeness (QED) is 0.841. The summed E-state index contributed by atoms with van der Waals surface area (Å²) < 4.78 is 0. The lowest BCUT2D eigenvalue weighted by atomic mass is 9.96. The summed E-state index contributed by atoms with van der Waals surface area (Å²) in [4.78, 5) is 15.0. The molecule has 2 atom stereocenters. The number of ketones is 1. The minimum Gasteiger partial charge on any atom is -0.298 e. The lowest BCUT2D eigenvalue weighted by molar-refractivity contribution is 0.0931. The zero-order chi connectivity index (χ0) is 14.4. The van der Waals surface area contributed by atoms with Crippen molar-refractivity contribution in [2.75, 3.05) is 13.1 Å². The molecular weight excluding hydrogens is 282 g/mol. The Morgan fingerprint density at radius 1 is 1.00 bits per heavy atom. The predicted molar refractivity (Wildman–Crippen MR) is 83.7 cm³/mol. The van der Waals surface area contributed by atoms with Gasteiger partial charge in [0, 0.05) is 37.0 Å². The molecule has 1 aliphatic heterocycles. The molecule has 0 spiro atoms. The molecule has 2 aromatic rings. The van der Waals surface area contributed by atoms with Gasteiger partial charge in [-0.15, -0.1) is 0 Å². The molecule has 1 heterocycles. The summed E-state index contributed by atoms with van der Waals surface area (Å²) in [5.74, 6) is 0.634. The van der Waals surface area contributed by atoms with E-state index in [4.69, 9.17) is 11.6 Å². The molecule has 106 valence electrons. The van der Waals surface area contributed by atoms with Crippen molar-refractivity contribution in [1.29, 1.82) is 0 Å². The van der Waals surface area contributed by atoms with Gasteiger partial charge in [-0.2, -0.15) is 0 Å². The Kier molecular flexibility index (Phi) is 3.09. The van der Waals surface area contributed by atoms with E-state index in [9.17, 15) is 4.79 Å². The molecule has 2 aromatic carbocycles. The van der Waals surface area contributed by atoms with Crippen LogP contribution in [-0.4, -0.2) is 23.8 Å². The lowest BCUT2D eigenvalue weighted by Crippen LogP contribution is -2.23. The van der Waals surface area contributed by atoms with Crippen LogP contribution in [0, 0.1) is 5.92 Å². The van der Waals surface area contributed by atoms with Gasteiger partial charge in [0.25, 0.3) is 0 Å². The van der Waals surface area contributed by atoms with E-state index in [1.807, 2.05) is 18.2 Å². The lowest BCUT2D eigenvalue weighted by Gasteiger charge is -2.17. The molecule has 2 unspecified atom stereocenters. The second kappa shape index (κ2) is 4.97. The van der Waals surface area contributed by atoms with Crippen LogP contribution in [0.3, 0.4) is 0 Å². The monoisotopic (exact) mass is 297 g/mol. The molecule has 0 aromatic heterocycles. The van der Waals surface area contributed by atoms with Crippen molar-refractivity contribution in [2.45, 2.75) is 12.5 Å². The van der Waals surface area contributed by atoms with E-state index < -0.39 is 0 Å².